The Morgan fingerprint density at radius 1 is 1.37 bits per heavy atom. The summed E-state index contributed by atoms with van der Waals surface area (Å²) in [4.78, 5) is 1.24. The number of sulfone groups is 1. The molecule has 106 valence electrons. The zero-order chi connectivity index (χ0) is 13.7. The van der Waals surface area contributed by atoms with Gasteiger partial charge in [0.15, 0.2) is 9.84 Å². The summed E-state index contributed by atoms with van der Waals surface area (Å²) in [5.41, 5.74) is 1.00. The number of hydrogen-bond donors (Lipinski definition) is 1. The van der Waals surface area contributed by atoms with Crippen molar-refractivity contribution < 1.29 is 13.5 Å². The summed E-state index contributed by atoms with van der Waals surface area (Å²) in [5.74, 6) is 0.513. The number of aliphatic hydroxyl groups excluding tert-OH is 1. The Bertz CT molecular complexity index is 576. The van der Waals surface area contributed by atoms with Gasteiger partial charge >= 0.3 is 0 Å². The topological polar surface area (TPSA) is 54.4 Å². The molecule has 1 aromatic heterocycles. The molecule has 1 heterocycles. The average molecular weight is 300 g/mol. The van der Waals surface area contributed by atoms with Gasteiger partial charge in [0.1, 0.15) is 4.21 Å². The molecule has 2 fully saturated rings. The summed E-state index contributed by atoms with van der Waals surface area (Å²) in [7, 11) is -3.14. The number of aliphatic hydroxyl groups is 1. The summed E-state index contributed by atoms with van der Waals surface area (Å²) in [6.07, 6.45) is 8.06. The highest BCUT2D eigenvalue weighted by Crippen LogP contribution is 2.54. The van der Waals surface area contributed by atoms with E-state index in [0.29, 0.717) is 10.1 Å². The molecule has 0 atom stereocenters. The molecule has 3 nitrogen and oxygen atoms in total. The molecule has 0 bridgehead atoms. The Kier molecular flexibility index (Phi) is 3.27. The highest BCUT2D eigenvalue weighted by Gasteiger charge is 2.47. The molecule has 0 unspecified atom stereocenters. The van der Waals surface area contributed by atoms with Gasteiger partial charge in [0, 0.05) is 16.5 Å². The second-order valence-corrected chi connectivity index (χ2v) is 9.36. The molecule has 0 aromatic carbocycles. The van der Waals surface area contributed by atoms with E-state index in [2.05, 4.69) is 0 Å². The fraction of sp³-hybridized carbons (Fsp3) is 0.714. The molecule has 0 spiro atoms. The minimum atomic E-state index is -3.14. The molecule has 19 heavy (non-hydrogen) atoms. The highest BCUT2D eigenvalue weighted by molar-refractivity contribution is 7.92. The lowest BCUT2D eigenvalue weighted by Gasteiger charge is -2.16. The van der Waals surface area contributed by atoms with Crippen LogP contribution in [0.5, 0.6) is 0 Å². The van der Waals surface area contributed by atoms with Crippen LogP contribution in [0.15, 0.2) is 10.3 Å². The van der Waals surface area contributed by atoms with Crippen molar-refractivity contribution in [3.63, 3.8) is 0 Å². The number of hydrogen-bond acceptors (Lipinski definition) is 4. The second-order valence-electron chi connectivity index (χ2n) is 6.04. The molecule has 0 radical (unpaired) electrons. The maximum atomic E-state index is 11.8. The standard InChI is InChI=1S/C14H20O3S2/c1-19(16,17)12-8-11(14(9-15)6-7-14)13(18-12)10-4-2-3-5-10/h8,10,15H,2-7,9H2,1H3. The zero-order valence-electron chi connectivity index (χ0n) is 11.2. The number of thiophene rings is 1. The van der Waals surface area contributed by atoms with Crippen LogP contribution in [0.1, 0.15) is 54.9 Å². The summed E-state index contributed by atoms with van der Waals surface area (Å²) in [5, 5.41) is 9.64. The van der Waals surface area contributed by atoms with Crippen LogP contribution in [0.3, 0.4) is 0 Å². The van der Waals surface area contributed by atoms with Crippen LogP contribution in [0.4, 0.5) is 0 Å². The molecule has 2 aliphatic rings. The Labute approximate surface area is 118 Å². The van der Waals surface area contributed by atoms with E-state index in [9.17, 15) is 13.5 Å². The fourth-order valence-electron chi connectivity index (χ4n) is 3.13. The summed E-state index contributed by atoms with van der Waals surface area (Å²) in [6, 6.07) is 1.84. The van der Waals surface area contributed by atoms with E-state index < -0.39 is 9.84 Å². The molecule has 0 amide bonds. The first-order valence-corrected chi connectivity index (χ1v) is 9.62. The van der Waals surface area contributed by atoms with Gasteiger partial charge in [-0.1, -0.05) is 12.8 Å². The molecule has 0 aliphatic heterocycles. The molecule has 5 heteroatoms. The third kappa shape index (κ3) is 2.36. The summed E-state index contributed by atoms with van der Waals surface area (Å²) in [6.45, 7) is 0.145. The molecular weight excluding hydrogens is 280 g/mol. The van der Waals surface area contributed by atoms with Crippen molar-refractivity contribution in [1.29, 1.82) is 0 Å². The van der Waals surface area contributed by atoms with Gasteiger partial charge in [-0.25, -0.2) is 8.42 Å². The Morgan fingerprint density at radius 2 is 2.00 bits per heavy atom. The minimum absolute atomic E-state index is 0.128. The van der Waals surface area contributed by atoms with Crippen molar-refractivity contribution >= 4 is 21.2 Å². The number of rotatable bonds is 4. The van der Waals surface area contributed by atoms with Gasteiger partial charge in [0.2, 0.25) is 0 Å². The maximum absolute atomic E-state index is 11.8. The van der Waals surface area contributed by atoms with E-state index in [0.717, 1.165) is 31.2 Å². The van der Waals surface area contributed by atoms with Gasteiger partial charge in [-0.05, 0) is 43.2 Å². The van der Waals surface area contributed by atoms with E-state index in [1.807, 2.05) is 6.07 Å². The third-order valence-corrected chi connectivity index (χ3v) is 7.66. The van der Waals surface area contributed by atoms with Crippen LogP contribution in [-0.2, 0) is 15.3 Å². The van der Waals surface area contributed by atoms with Crippen molar-refractivity contribution in [3.8, 4) is 0 Å². The van der Waals surface area contributed by atoms with E-state index in [4.69, 9.17) is 0 Å². The van der Waals surface area contributed by atoms with Gasteiger partial charge in [-0.3, -0.25) is 0 Å². The molecule has 2 aliphatic carbocycles. The van der Waals surface area contributed by atoms with Crippen LogP contribution in [-0.4, -0.2) is 26.4 Å². The lowest BCUT2D eigenvalue weighted by Crippen LogP contribution is -2.13. The normalized spacial score (nSPS) is 22.8. The van der Waals surface area contributed by atoms with Crippen molar-refractivity contribution in [2.45, 2.75) is 54.1 Å². The molecular formula is C14H20O3S2. The van der Waals surface area contributed by atoms with Gasteiger partial charge in [-0.15, -0.1) is 11.3 Å². The summed E-state index contributed by atoms with van der Waals surface area (Å²) >= 11 is 1.45. The van der Waals surface area contributed by atoms with E-state index in [1.165, 1.54) is 35.3 Å². The van der Waals surface area contributed by atoms with Crippen LogP contribution in [0, 0.1) is 0 Å². The van der Waals surface area contributed by atoms with Crippen LogP contribution in [0.2, 0.25) is 0 Å². The predicted octanol–water partition coefficient (Wildman–Crippen LogP) is 2.83. The molecule has 3 rings (SSSR count). The third-order valence-electron chi connectivity index (χ3n) is 4.56. The van der Waals surface area contributed by atoms with Gasteiger partial charge < -0.3 is 5.11 Å². The van der Waals surface area contributed by atoms with Gasteiger partial charge in [-0.2, -0.15) is 0 Å². The van der Waals surface area contributed by atoms with Crippen molar-refractivity contribution in [3.05, 3.63) is 16.5 Å². The SMILES string of the molecule is CS(=O)(=O)c1cc(C2(CO)CC2)c(C2CCCC2)s1. The molecule has 1 N–H and O–H groups in total. The summed E-state index contributed by atoms with van der Waals surface area (Å²) < 4.78 is 24.1. The molecule has 2 saturated carbocycles. The van der Waals surface area contributed by atoms with Crippen molar-refractivity contribution in [2.24, 2.45) is 0 Å². The van der Waals surface area contributed by atoms with E-state index in [-0.39, 0.29) is 12.0 Å². The van der Waals surface area contributed by atoms with E-state index >= 15 is 0 Å². The smallest absolute Gasteiger partial charge is 0.184 e. The lowest BCUT2D eigenvalue weighted by atomic mass is 9.92. The first-order valence-electron chi connectivity index (χ1n) is 6.91. The average Bonchev–Trinajstić information content (AvgIpc) is 2.82. The molecule has 1 aromatic rings. The first kappa shape index (κ1) is 13.6. The highest BCUT2D eigenvalue weighted by atomic mass is 32.2. The van der Waals surface area contributed by atoms with Crippen molar-refractivity contribution in [1.82, 2.24) is 0 Å². The largest absolute Gasteiger partial charge is 0.395 e. The van der Waals surface area contributed by atoms with Crippen LogP contribution in [0.25, 0.3) is 0 Å². The lowest BCUT2D eigenvalue weighted by molar-refractivity contribution is 0.254. The van der Waals surface area contributed by atoms with Gasteiger partial charge in [0.25, 0.3) is 0 Å². The monoisotopic (exact) mass is 300 g/mol. The van der Waals surface area contributed by atoms with Gasteiger partial charge in [0.05, 0.1) is 6.61 Å². The van der Waals surface area contributed by atoms with E-state index in [1.54, 1.807) is 0 Å². The predicted molar refractivity (Wildman–Crippen MR) is 76.6 cm³/mol. The maximum Gasteiger partial charge on any atom is 0.184 e. The fourth-order valence-corrected chi connectivity index (χ4v) is 5.52. The first-order chi connectivity index (χ1) is 8.96. The quantitative estimate of drug-likeness (QED) is 0.930. The zero-order valence-corrected chi connectivity index (χ0v) is 12.8. The Balaban J connectivity index is 2.07. The van der Waals surface area contributed by atoms with Crippen LogP contribution < -0.4 is 0 Å². The Hall–Kier alpha value is -0.390. The minimum Gasteiger partial charge on any atom is -0.395 e. The molecule has 0 saturated heterocycles. The van der Waals surface area contributed by atoms with Crippen LogP contribution >= 0.6 is 11.3 Å². The Morgan fingerprint density at radius 3 is 2.47 bits per heavy atom. The van der Waals surface area contributed by atoms with Crippen molar-refractivity contribution in [2.75, 3.05) is 12.9 Å². The second kappa shape index (κ2) is 4.57.